The molecule has 8 heteroatoms. The maximum atomic E-state index is 11.2. The van der Waals surface area contributed by atoms with Gasteiger partial charge in [0.25, 0.3) is 0 Å². The van der Waals surface area contributed by atoms with Crippen molar-refractivity contribution in [3.05, 3.63) is 37.2 Å². The number of halogens is 1. The molecule has 108 valence electrons. The molecule has 1 N–H and O–H groups in total. The first-order valence-corrected chi connectivity index (χ1v) is 7.40. The highest BCUT2D eigenvalue weighted by atomic mass is 35.5. The van der Waals surface area contributed by atoms with Crippen LogP contribution in [0.25, 0.3) is 0 Å². The summed E-state index contributed by atoms with van der Waals surface area (Å²) < 4.78 is 2.23. The Bertz CT molecular complexity index is 623. The van der Waals surface area contributed by atoms with Crippen LogP contribution >= 0.6 is 22.9 Å². The summed E-state index contributed by atoms with van der Waals surface area (Å²) >= 11 is 7.31. The van der Waals surface area contributed by atoms with Gasteiger partial charge in [-0.2, -0.15) is 5.10 Å². The lowest BCUT2D eigenvalue weighted by Gasteiger charge is -2.04. The molecule has 0 radical (unpaired) electrons. The van der Waals surface area contributed by atoms with Crippen LogP contribution < -0.4 is 5.32 Å². The van der Waals surface area contributed by atoms with E-state index in [1.807, 2.05) is 19.1 Å². The van der Waals surface area contributed by atoms with E-state index in [2.05, 4.69) is 10.4 Å². The molecule has 0 amide bonds. The third kappa shape index (κ3) is 3.10. The van der Waals surface area contributed by atoms with E-state index in [1.165, 1.54) is 16.0 Å². The first kappa shape index (κ1) is 14.8. The van der Waals surface area contributed by atoms with Crippen LogP contribution in [-0.2, 0) is 20.0 Å². The Morgan fingerprint density at radius 3 is 2.85 bits per heavy atom. The fourth-order valence-electron chi connectivity index (χ4n) is 1.98. The average Bonchev–Trinajstić information content (AvgIpc) is 2.91. The first-order valence-electron chi connectivity index (χ1n) is 6.21. The number of thiophene rings is 1. The van der Waals surface area contributed by atoms with Crippen molar-refractivity contribution in [2.45, 2.75) is 26.3 Å². The second-order valence-electron chi connectivity index (χ2n) is 4.33. The maximum absolute atomic E-state index is 11.2. The SMILES string of the molecule is CCCc1nn(C)c(NCc2ccc(Cl)s2)c1[N+](=O)[O-]. The second-order valence-corrected chi connectivity index (χ2v) is 6.13. The minimum Gasteiger partial charge on any atom is -0.360 e. The molecule has 0 saturated heterocycles. The molecule has 0 aliphatic carbocycles. The summed E-state index contributed by atoms with van der Waals surface area (Å²) in [7, 11) is 1.70. The number of rotatable bonds is 6. The molecule has 0 aliphatic rings. The molecule has 2 aromatic heterocycles. The Balaban J connectivity index is 2.23. The molecule has 0 unspecified atom stereocenters. The normalized spacial score (nSPS) is 10.8. The van der Waals surface area contributed by atoms with Gasteiger partial charge in [-0.15, -0.1) is 11.3 Å². The molecule has 2 rings (SSSR count). The van der Waals surface area contributed by atoms with Crippen molar-refractivity contribution in [2.75, 3.05) is 5.32 Å². The maximum Gasteiger partial charge on any atom is 0.334 e. The minimum absolute atomic E-state index is 0.0667. The van der Waals surface area contributed by atoms with E-state index in [-0.39, 0.29) is 10.6 Å². The third-order valence-corrected chi connectivity index (χ3v) is 4.05. The number of aromatic nitrogens is 2. The van der Waals surface area contributed by atoms with Crippen LogP contribution in [0.15, 0.2) is 12.1 Å². The molecule has 0 spiro atoms. The van der Waals surface area contributed by atoms with Gasteiger partial charge in [0.2, 0.25) is 5.82 Å². The number of anilines is 1. The Kier molecular flexibility index (Phi) is 4.61. The highest BCUT2D eigenvalue weighted by molar-refractivity contribution is 7.16. The highest BCUT2D eigenvalue weighted by Gasteiger charge is 2.25. The molecule has 2 heterocycles. The number of aryl methyl sites for hydroxylation is 2. The van der Waals surface area contributed by atoms with Crippen LogP contribution in [0.1, 0.15) is 23.9 Å². The number of hydrogen-bond donors (Lipinski definition) is 1. The second kappa shape index (κ2) is 6.23. The zero-order valence-corrected chi connectivity index (χ0v) is 12.8. The molecule has 0 atom stereocenters. The van der Waals surface area contributed by atoms with Gasteiger partial charge in [-0.05, 0) is 18.6 Å². The Hall–Kier alpha value is -1.60. The molecular formula is C12H15ClN4O2S. The van der Waals surface area contributed by atoms with Gasteiger partial charge in [0.05, 0.1) is 15.8 Å². The summed E-state index contributed by atoms with van der Waals surface area (Å²) in [4.78, 5) is 11.9. The van der Waals surface area contributed by atoms with Crippen molar-refractivity contribution in [3.63, 3.8) is 0 Å². The van der Waals surface area contributed by atoms with Crippen LogP contribution in [0.4, 0.5) is 11.5 Å². The summed E-state index contributed by atoms with van der Waals surface area (Å²) in [6.07, 6.45) is 1.41. The van der Waals surface area contributed by atoms with Gasteiger partial charge in [-0.3, -0.25) is 10.1 Å². The third-order valence-electron chi connectivity index (χ3n) is 2.82. The van der Waals surface area contributed by atoms with Gasteiger partial charge in [-0.1, -0.05) is 24.9 Å². The van der Waals surface area contributed by atoms with Crippen molar-refractivity contribution in [3.8, 4) is 0 Å². The molecule has 0 aliphatic heterocycles. The molecule has 0 aromatic carbocycles. The van der Waals surface area contributed by atoms with Gasteiger partial charge in [-0.25, -0.2) is 4.68 Å². The lowest BCUT2D eigenvalue weighted by atomic mass is 10.2. The lowest BCUT2D eigenvalue weighted by Crippen LogP contribution is -2.05. The molecule has 20 heavy (non-hydrogen) atoms. The van der Waals surface area contributed by atoms with Crippen molar-refractivity contribution in [1.29, 1.82) is 0 Å². The highest BCUT2D eigenvalue weighted by Crippen LogP contribution is 2.30. The lowest BCUT2D eigenvalue weighted by molar-refractivity contribution is -0.384. The minimum atomic E-state index is -0.373. The average molecular weight is 315 g/mol. The summed E-state index contributed by atoms with van der Waals surface area (Å²) in [5.74, 6) is 0.433. The molecule has 0 fully saturated rings. The largest absolute Gasteiger partial charge is 0.360 e. The van der Waals surface area contributed by atoms with Crippen LogP contribution in [0.3, 0.4) is 0 Å². The topological polar surface area (TPSA) is 73.0 Å². The summed E-state index contributed by atoms with van der Waals surface area (Å²) in [5, 5.41) is 18.6. The number of nitrogens with zero attached hydrogens (tertiary/aromatic N) is 3. The van der Waals surface area contributed by atoms with Gasteiger partial charge in [0.1, 0.15) is 5.69 Å². The van der Waals surface area contributed by atoms with Crippen molar-refractivity contribution in [2.24, 2.45) is 7.05 Å². The van der Waals surface area contributed by atoms with Gasteiger partial charge >= 0.3 is 5.69 Å². The molecule has 0 bridgehead atoms. The van der Waals surface area contributed by atoms with E-state index in [9.17, 15) is 10.1 Å². The Morgan fingerprint density at radius 1 is 1.55 bits per heavy atom. The van der Waals surface area contributed by atoms with Crippen molar-refractivity contribution in [1.82, 2.24) is 9.78 Å². The van der Waals surface area contributed by atoms with E-state index in [4.69, 9.17) is 11.6 Å². The quantitative estimate of drug-likeness (QED) is 0.653. The molecule has 6 nitrogen and oxygen atoms in total. The standard InChI is InChI=1S/C12H15ClN4O2S/c1-3-4-9-11(17(18)19)12(16(2)15-9)14-7-8-5-6-10(13)20-8/h5-6,14H,3-4,7H2,1-2H3. The van der Waals surface area contributed by atoms with Gasteiger partial charge < -0.3 is 5.32 Å². The first-order chi connectivity index (χ1) is 9.52. The van der Waals surface area contributed by atoms with Crippen LogP contribution in [0.2, 0.25) is 4.34 Å². The fourth-order valence-corrected chi connectivity index (χ4v) is 3.01. The smallest absolute Gasteiger partial charge is 0.334 e. The van der Waals surface area contributed by atoms with Gasteiger partial charge in [0.15, 0.2) is 0 Å². The molecule has 0 saturated carbocycles. The fraction of sp³-hybridized carbons (Fsp3) is 0.417. The monoisotopic (exact) mass is 314 g/mol. The predicted molar refractivity (Wildman–Crippen MR) is 80.5 cm³/mol. The van der Waals surface area contributed by atoms with E-state index < -0.39 is 0 Å². The Morgan fingerprint density at radius 2 is 2.30 bits per heavy atom. The van der Waals surface area contributed by atoms with Gasteiger partial charge in [0, 0.05) is 11.9 Å². The van der Waals surface area contributed by atoms with Crippen LogP contribution in [0.5, 0.6) is 0 Å². The van der Waals surface area contributed by atoms with E-state index in [1.54, 1.807) is 7.05 Å². The van der Waals surface area contributed by atoms with Crippen LogP contribution in [-0.4, -0.2) is 14.7 Å². The van der Waals surface area contributed by atoms with Crippen molar-refractivity contribution >= 4 is 34.4 Å². The van der Waals surface area contributed by atoms with E-state index >= 15 is 0 Å². The zero-order valence-electron chi connectivity index (χ0n) is 11.2. The van der Waals surface area contributed by atoms with Crippen molar-refractivity contribution < 1.29 is 4.92 Å². The van der Waals surface area contributed by atoms with E-state index in [0.717, 1.165) is 11.3 Å². The zero-order chi connectivity index (χ0) is 14.7. The van der Waals surface area contributed by atoms with Crippen LogP contribution in [0, 0.1) is 10.1 Å². The summed E-state index contributed by atoms with van der Waals surface area (Å²) in [5.41, 5.74) is 0.587. The number of nitrogens with one attached hydrogen (secondary N) is 1. The Labute approximate surface area is 125 Å². The number of nitro groups is 1. The molecule has 2 aromatic rings. The summed E-state index contributed by atoms with van der Waals surface area (Å²) in [6, 6.07) is 3.71. The van der Waals surface area contributed by atoms with E-state index in [0.29, 0.717) is 28.8 Å². The number of hydrogen-bond acceptors (Lipinski definition) is 5. The molecular weight excluding hydrogens is 300 g/mol. The summed E-state index contributed by atoms with van der Waals surface area (Å²) in [6.45, 7) is 2.46. The predicted octanol–water partition coefficient (Wildman–Crippen LogP) is 3.61.